The van der Waals surface area contributed by atoms with Crippen LogP contribution in [0, 0.1) is 6.92 Å². The average molecular weight is 355 g/mol. The number of hydrogen-bond acceptors (Lipinski definition) is 6. The lowest BCUT2D eigenvalue weighted by molar-refractivity contribution is -0.130. The summed E-state index contributed by atoms with van der Waals surface area (Å²) in [4.78, 5) is 34.7. The summed E-state index contributed by atoms with van der Waals surface area (Å²) in [5, 5.41) is 4.41. The van der Waals surface area contributed by atoms with E-state index in [0.29, 0.717) is 55.0 Å². The predicted octanol–water partition coefficient (Wildman–Crippen LogP) is 1.57. The van der Waals surface area contributed by atoms with E-state index in [0.717, 1.165) is 0 Å². The Kier molecular flexibility index (Phi) is 5.40. The van der Waals surface area contributed by atoms with Crippen LogP contribution in [0.2, 0.25) is 0 Å². The summed E-state index contributed by atoms with van der Waals surface area (Å²) < 4.78 is 6.46. The molecule has 0 saturated carbocycles. The molecule has 8 heteroatoms. The van der Waals surface area contributed by atoms with Crippen LogP contribution in [0.4, 0.5) is 0 Å². The van der Waals surface area contributed by atoms with Gasteiger partial charge in [0, 0.05) is 39.9 Å². The molecule has 0 radical (unpaired) electrons. The molecule has 0 aliphatic rings. The number of benzene rings is 1. The highest BCUT2D eigenvalue weighted by molar-refractivity contribution is 5.77. The van der Waals surface area contributed by atoms with Crippen LogP contribution in [0.3, 0.4) is 0 Å². The number of fused-ring (bicyclic) bond motifs is 1. The lowest BCUT2D eigenvalue weighted by Crippen LogP contribution is -2.29. The standard InChI is InChI=1S/C18H21N5O3/c1-13-20-16(21-26-13)9-11-22(2)17(24)8-5-10-23-12-19-15-7-4-3-6-14(15)18(23)25/h3-4,6-7,12H,5,8-11H2,1-2H3. The van der Waals surface area contributed by atoms with Crippen LogP contribution < -0.4 is 5.56 Å². The van der Waals surface area contributed by atoms with Gasteiger partial charge in [-0.05, 0) is 18.6 Å². The second-order valence-corrected chi connectivity index (χ2v) is 6.16. The zero-order valence-corrected chi connectivity index (χ0v) is 14.9. The van der Waals surface area contributed by atoms with E-state index in [2.05, 4.69) is 15.1 Å². The first kappa shape index (κ1) is 17.8. The van der Waals surface area contributed by atoms with Gasteiger partial charge in [0.05, 0.1) is 17.2 Å². The van der Waals surface area contributed by atoms with Gasteiger partial charge in [-0.2, -0.15) is 4.98 Å². The summed E-state index contributed by atoms with van der Waals surface area (Å²) >= 11 is 0. The van der Waals surface area contributed by atoms with Crippen molar-refractivity contribution in [3.05, 3.63) is 52.7 Å². The second kappa shape index (κ2) is 7.90. The molecule has 0 spiro atoms. The van der Waals surface area contributed by atoms with Gasteiger partial charge in [0.25, 0.3) is 5.56 Å². The quantitative estimate of drug-likeness (QED) is 0.638. The highest BCUT2D eigenvalue weighted by Crippen LogP contribution is 2.06. The minimum atomic E-state index is -0.0797. The smallest absolute Gasteiger partial charge is 0.261 e. The van der Waals surface area contributed by atoms with Gasteiger partial charge >= 0.3 is 0 Å². The highest BCUT2D eigenvalue weighted by Gasteiger charge is 2.11. The van der Waals surface area contributed by atoms with E-state index >= 15 is 0 Å². The van der Waals surface area contributed by atoms with Crippen LogP contribution in [-0.2, 0) is 17.8 Å². The minimum absolute atomic E-state index is 0.0204. The van der Waals surface area contributed by atoms with Crippen molar-refractivity contribution in [1.29, 1.82) is 0 Å². The number of para-hydroxylation sites is 1. The van der Waals surface area contributed by atoms with Crippen LogP contribution in [0.5, 0.6) is 0 Å². The van der Waals surface area contributed by atoms with Gasteiger partial charge in [0.2, 0.25) is 11.8 Å². The number of aryl methyl sites for hydroxylation is 2. The van der Waals surface area contributed by atoms with Crippen molar-refractivity contribution in [2.24, 2.45) is 0 Å². The third kappa shape index (κ3) is 4.14. The van der Waals surface area contributed by atoms with E-state index < -0.39 is 0 Å². The number of carbonyl (C=O) groups excluding carboxylic acids is 1. The van der Waals surface area contributed by atoms with E-state index in [9.17, 15) is 9.59 Å². The molecule has 0 saturated heterocycles. The average Bonchev–Trinajstić information content (AvgIpc) is 3.07. The molecule has 0 N–H and O–H groups in total. The van der Waals surface area contributed by atoms with Crippen molar-refractivity contribution in [3.63, 3.8) is 0 Å². The molecule has 0 atom stereocenters. The fourth-order valence-corrected chi connectivity index (χ4v) is 2.69. The molecule has 3 rings (SSSR count). The van der Waals surface area contributed by atoms with E-state index in [-0.39, 0.29) is 11.5 Å². The Morgan fingerprint density at radius 1 is 1.31 bits per heavy atom. The Labute approximate surface area is 150 Å². The molecule has 26 heavy (non-hydrogen) atoms. The number of rotatable bonds is 7. The summed E-state index contributed by atoms with van der Waals surface area (Å²) in [6.07, 6.45) is 3.02. The maximum absolute atomic E-state index is 12.4. The minimum Gasteiger partial charge on any atom is -0.345 e. The third-order valence-electron chi connectivity index (χ3n) is 4.19. The van der Waals surface area contributed by atoms with Gasteiger partial charge in [-0.3, -0.25) is 14.2 Å². The fourth-order valence-electron chi connectivity index (χ4n) is 2.69. The Morgan fingerprint density at radius 3 is 2.88 bits per heavy atom. The molecule has 0 fully saturated rings. The zero-order chi connectivity index (χ0) is 18.5. The number of aromatic nitrogens is 4. The van der Waals surface area contributed by atoms with Crippen molar-refractivity contribution >= 4 is 16.8 Å². The molecule has 136 valence electrons. The maximum atomic E-state index is 12.4. The molecule has 2 heterocycles. The van der Waals surface area contributed by atoms with Crippen LogP contribution in [0.1, 0.15) is 24.6 Å². The third-order valence-corrected chi connectivity index (χ3v) is 4.19. The molecule has 1 aromatic carbocycles. The number of carbonyl (C=O) groups is 1. The largest absolute Gasteiger partial charge is 0.345 e. The van der Waals surface area contributed by atoms with Gasteiger partial charge in [0.15, 0.2) is 5.82 Å². The van der Waals surface area contributed by atoms with Crippen LogP contribution in [0.15, 0.2) is 39.9 Å². The Balaban J connectivity index is 1.50. The second-order valence-electron chi connectivity index (χ2n) is 6.16. The summed E-state index contributed by atoms with van der Waals surface area (Å²) in [5.41, 5.74) is 0.602. The number of likely N-dealkylation sites (N-methyl/N-ethyl adjacent to an activating group) is 1. The molecule has 2 aromatic heterocycles. The van der Waals surface area contributed by atoms with Crippen molar-refractivity contribution in [2.45, 2.75) is 32.7 Å². The van der Waals surface area contributed by atoms with E-state index in [1.807, 2.05) is 18.2 Å². The van der Waals surface area contributed by atoms with Gasteiger partial charge in [-0.1, -0.05) is 17.3 Å². The molecule has 0 bridgehead atoms. The van der Waals surface area contributed by atoms with Crippen molar-refractivity contribution in [3.8, 4) is 0 Å². The highest BCUT2D eigenvalue weighted by atomic mass is 16.5. The molecule has 1 amide bonds. The molecule has 8 nitrogen and oxygen atoms in total. The molecule has 0 unspecified atom stereocenters. The van der Waals surface area contributed by atoms with Gasteiger partial charge in [-0.15, -0.1) is 0 Å². The lowest BCUT2D eigenvalue weighted by atomic mass is 10.2. The lowest BCUT2D eigenvalue weighted by Gasteiger charge is -2.16. The van der Waals surface area contributed by atoms with Crippen molar-refractivity contribution in [2.75, 3.05) is 13.6 Å². The summed E-state index contributed by atoms with van der Waals surface area (Å²) in [6, 6.07) is 7.24. The van der Waals surface area contributed by atoms with E-state index in [4.69, 9.17) is 4.52 Å². The summed E-state index contributed by atoms with van der Waals surface area (Å²) in [6.45, 7) is 2.71. The molecular formula is C18H21N5O3. The molecule has 0 aliphatic carbocycles. The Morgan fingerprint density at radius 2 is 2.12 bits per heavy atom. The van der Waals surface area contributed by atoms with Gasteiger partial charge in [0.1, 0.15) is 0 Å². The monoisotopic (exact) mass is 355 g/mol. The number of amides is 1. The SMILES string of the molecule is Cc1nc(CCN(C)C(=O)CCCn2cnc3ccccc3c2=O)no1. The molecule has 0 aliphatic heterocycles. The van der Waals surface area contributed by atoms with Crippen LogP contribution in [0.25, 0.3) is 10.9 Å². The normalized spacial score (nSPS) is 11.0. The van der Waals surface area contributed by atoms with E-state index in [1.165, 1.54) is 6.33 Å². The molecular weight excluding hydrogens is 334 g/mol. The van der Waals surface area contributed by atoms with Crippen molar-refractivity contribution < 1.29 is 9.32 Å². The predicted molar refractivity (Wildman–Crippen MR) is 95.6 cm³/mol. The first-order chi connectivity index (χ1) is 12.5. The Bertz CT molecular complexity index is 963. The van der Waals surface area contributed by atoms with Crippen molar-refractivity contribution in [1.82, 2.24) is 24.6 Å². The topological polar surface area (TPSA) is 94.1 Å². The Hall–Kier alpha value is -3.03. The summed E-state index contributed by atoms with van der Waals surface area (Å²) in [7, 11) is 1.75. The summed E-state index contributed by atoms with van der Waals surface area (Å²) in [5.74, 6) is 1.13. The fraction of sp³-hybridized carbons (Fsp3) is 0.389. The van der Waals surface area contributed by atoms with Gasteiger partial charge < -0.3 is 9.42 Å². The number of nitrogens with zero attached hydrogens (tertiary/aromatic N) is 5. The van der Waals surface area contributed by atoms with Crippen LogP contribution in [-0.4, -0.2) is 44.1 Å². The van der Waals surface area contributed by atoms with E-state index in [1.54, 1.807) is 29.5 Å². The first-order valence-electron chi connectivity index (χ1n) is 8.52. The number of hydrogen-bond donors (Lipinski definition) is 0. The van der Waals surface area contributed by atoms with Crippen LogP contribution >= 0.6 is 0 Å². The van der Waals surface area contributed by atoms with Gasteiger partial charge in [-0.25, -0.2) is 4.98 Å². The zero-order valence-electron chi connectivity index (χ0n) is 14.9. The molecule has 3 aromatic rings. The first-order valence-corrected chi connectivity index (χ1v) is 8.52. The maximum Gasteiger partial charge on any atom is 0.261 e.